The van der Waals surface area contributed by atoms with Crippen LogP contribution in [0.5, 0.6) is 0 Å². The van der Waals surface area contributed by atoms with Crippen LogP contribution in [0.4, 0.5) is 20.4 Å². The highest BCUT2D eigenvalue weighted by atomic mass is 32.1. The van der Waals surface area contributed by atoms with E-state index in [0.717, 1.165) is 38.5 Å². The van der Waals surface area contributed by atoms with Crippen molar-refractivity contribution >= 4 is 39.8 Å². The first-order chi connectivity index (χ1) is 17.5. The first kappa shape index (κ1) is 23.2. The lowest BCUT2D eigenvalue weighted by Crippen LogP contribution is -2.24. The van der Waals surface area contributed by atoms with Crippen LogP contribution in [0, 0.1) is 11.6 Å². The first-order valence-electron chi connectivity index (χ1n) is 10.8. The number of pyridine rings is 1. The van der Waals surface area contributed by atoms with Crippen molar-refractivity contribution in [3.63, 3.8) is 0 Å². The SMILES string of the molecule is Nc1ncnc2ccc(-c3cnc(CNc4ncccc4C(=O)NCc4ccc(F)c(F)c4)s3)cc12. The number of anilines is 2. The molecule has 3 heterocycles. The summed E-state index contributed by atoms with van der Waals surface area (Å²) in [6, 6.07) is 12.5. The molecule has 0 atom stereocenters. The molecule has 3 aromatic heterocycles. The van der Waals surface area contributed by atoms with Crippen LogP contribution < -0.4 is 16.4 Å². The summed E-state index contributed by atoms with van der Waals surface area (Å²) in [5.74, 6) is -1.50. The standard InChI is InChI=1S/C25H19F2N7OS/c26-18-5-3-14(8-19(18)27)10-32-25(35)16-2-1-7-29-24(16)31-12-22-30-11-21(36-22)15-4-6-20-17(9-15)23(28)34-13-33-20/h1-9,11,13H,10,12H2,(H,29,31)(H,32,35)(H2,28,33,34). The molecule has 0 radical (unpaired) electrons. The number of hydrogen-bond donors (Lipinski definition) is 3. The number of nitrogen functional groups attached to an aromatic ring is 1. The molecule has 0 aliphatic rings. The van der Waals surface area contributed by atoms with E-state index in [0.29, 0.717) is 29.3 Å². The second-order valence-corrected chi connectivity index (χ2v) is 8.91. The van der Waals surface area contributed by atoms with Gasteiger partial charge >= 0.3 is 0 Å². The summed E-state index contributed by atoms with van der Waals surface area (Å²) in [5, 5.41) is 7.43. The Hall–Kier alpha value is -4.51. The van der Waals surface area contributed by atoms with Crippen LogP contribution in [0.25, 0.3) is 21.3 Å². The van der Waals surface area contributed by atoms with Gasteiger partial charge in [-0.25, -0.2) is 28.7 Å². The zero-order chi connectivity index (χ0) is 25.1. The average Bonchev–Trinajstić information content (AvgIpc) is 3.37. The van der Waals surface area contributed by atoms with Crippen molar-refractivity contribution in [3.8, 4) is 10.4 Å². The molecule has 1 amide bonds. The van der Waals surface area contributed by atoms with E-state index < -0.39 is 17.5 Å². The van der Waals surface area contributed by atoms with E-state index in [1.54, 1.807) is 24.5 Å². The van der Waals surface area contributed by atoms with Crippen LogP contribution in [0.3, 0.4) is 0 Å². The zero-order valence-corrected chi connectivity index (χ0v) is 19.5. The number of aromatic nitrogens is 4. The minimum absolute atomic E-state index is 0.0432. The van der Waals surface area contributed by atoms with E-state index in [9.17, 15) is 13.6 Å². The van der Waals surface area contributed by atoms with E-state index in [4.69, 9.17) is 5.73 Å². The predicted molar refractivity (Wildman–Crippen MR) is 134 cm³/mol. The second-order valence-electron chi connectivity index (χ2n) is 7.79. The molecule has 5 aromatic rings. The van der Waals surface area contributed by atoms with Gasteiger partial charge in [0.1, 0.15) is 23.0 Å². The van der Waals surface area contributed by atoms with Crippen molar-refractivity contribution in [2.24, 2.45) is 0 Å². The smallest absolute Gasteiger partial charge is 0.255 e. The third kappa shape index (κ3) is 4.96. The molecule has 11 heteroatoms. The number of nitrogens with one attached hydrogen (secondary N) is 2. The normalized spacial score (nSPS) is 10.9. The highest BCUT2D eigenvalue weighted by Crippen LogP contribution is 2.30. The number of thiazole rings is 1. The van der Waals surface area contributed by atoms with E-state index in [-0.39, 0.29) is 6.54 Å². The molecular weight excluding hydrogens is 484 g/mol. The van der Waals surface area contributed by atoms with Crippen LogP contribution in [0.15, 0.2) is 67.3 Å². The van der Waals surface area contributed by atoms with Crippen molar-refractivity contribution in [3.05, 3.63) is 95.0 Å². The van der Waals surface area contributed by atoms with Crippen molar-refractivity contribution in [2.75, 3.05) is 11.1 Å². The molecule has 180 valence electrons. The lowest BCUT2D eigenvalue weighted by atomic mass is 10.1. The molecule has 0 bridgehead atoms. The van der Waals surface area contributed by atoms with Crippen LogP contribution in [-0.4, -0.2) is 25.8 Å². The van der Waals surface area contributed by atoms with Crippen molar-refractivity contribution < 1.29 is 13.6 Å². The summed E-state index contributed by atoms with van der Waals surface area (Å²) >= 11 is 1.49. The molecule has 0 fully saturated rings. The Bertz CT molecular complexity index is 1570. The van der Waals surface area contributed by atoms with Gasteiger partial charge in [0, 0.05) is 24.3 Å². The first-order valence-corrected chi connectivity index (χ1v) is 11.7. The summed E-state index contributed by atoms with van der Waals surface area (Å²) in [5.41, 5.74) is 8.46. The van der Waals surface area contributed by atoms with Crippen molar-refractivity contribution in [2.45, 2.75) is 13.1 Å². The van der Waals surface area contributed by atoms with Gasteiger partial charge in [0.2, 0.25) is 0 Å². The fourth-order valence-corrected chi connectivity index (χ4v) is 4.43. The molecule has 0 unspecified atom stereocenters. The monoisotopic (exact) mass is 503 g/mol. The topological polar surface area (TPSA) is 119 Å². The molecule has 0 aliphatic heterocycles. The minimum atomic E-state index is -0.964. The number of nitrogens with zero attached hydrogens (tertiary/aromatic N) is 4. The van der Waals surface area contributed by atoms with E-state index in [1.807, 2.05) is 18.2 Å². The molecule has 36 heavy (non-hydrogen) atoms. The Balaban J connectivity index is 1.26. The van der Waals surface area contributed by atoms with Gasteiger partial charge in [-0.05, 0) is 47.5 Å². The third-order valence-electron chi connectivity index (χ3n) is 5.40. The number of carbonyl (C=O) groups is 1. The number of benzene rings is 2. The molecule has 0 saturated heterocycles. The van der Waals surface area contributed by atoms with Gasteiger partial charge < -0.3 is 16.4 Å². The minimum Gasteiger partial charge on any atom is -0.383 e. The number of fused-ring (bicyclic) bond motifs is 1. The Labute approximate surface area is 208 Å². The Morgan fingerprint density at radius 3 is 2.72 bits per heavy atom. The van der Waals surface area contributed by atoms with Gasteiger partial charge in [-0.15, -0.1) is 11.3 Å². The van der Waals surface area contributed by atoms with Crippen LogP contribution in [-0.2, 0) is 13.1 Å². The molecule has 0 aliphatic carbocycles. The van der Waals surface area contributed by atoms with Gasteiger partial charge in [-0.1, -0.05) is 12.1 Å². The average molecular weight is 504 g/mol. The summed E-state index contributed by atoms with van der Waals surface area (Å²) in [6.07, 6.45) is 4.78. The zero-order valence-electron chi connectivity index (χ0n) is 18.7. The fourth-order valence-electron chi connectivity index (χ4n) is 3.57. The molecule has 2 aromatic carbocycles. The van der Waals surface area contributed by atoms with Gasteiger partial charge in [-0.2, -0.15) is 0 Å². The molecule has 4 N–H and O–H groups in total. The lowest BCUT2D eigenvalue weighted by molar-refractivity contribution is 0.0951. The third-order valence-corrected chi connectivity index (χ3v) is 6.45. The second kappa shape index (κ2) is 10.0. The quantitative estimate of drug-likeness (QED) is 0.298. The van der Waals surface area contributed by atoms with Gasteiger partial charge in [0.05, 0.1) is 22.5 Å². The van der Waals surface area contributed by atoms with Crippen LogP contribution >= 0.6 is 11.3 Å². The van der Waals surface area contributed by atoms with E-state index in [2.05, 4.69) is 30.6 Å². The van der Waals surface area contributed by atoms with Crippen LogP contribution in [0.2, 0.25) is 0 Å². The van der Waals surface area contributed by atoms with E-state index >= 15 is 0 Å². The lowest BCUT2D eigenvalue weighted by Gasteiger charge is -2.10. The Kier molecular flexibility index (Phi) is 6.46. The maximum absolute atomic E-state index is 13.4. The number of halogens is 2. The summed E-state index contributed by atoms with van der Waals surface area (Å²) in [7, 11) is 0. The molecule has 8 nitrogen and oxygen atoms in total. The fraction of sp³-hybridized carbons (Fsp3) is 0.0800. The predicted octanol–water partition coefficient (Wildman–Crippen LogP) is 4.55. The largest absolute Gasteiger partial charge is 0.383 e. The summed E-state index contributed by atoms with van der Waals surface area (Å²) < 4.78 is 26.5. The van der Waals surface area contributed by atoms with E-state index in [1.165, 1.54) is 23.7 Å². The molecule has 0 saturated carbocycles. The summed E-state index contributed by atoms with van der Waals surface area (Å²) in [4.78, 5) is 30.7. The molecular formula is C25H19F2N7OS. The number of nitrogens with two attached hydrogens (primary N) is 1. The Morgan fingerprint density at radius 1 is 0.972 bits per heavy atom. The molecule has 5 rings (SSSR count). The van der Waals surface area contributed by atoms with Crippen LogP contribution in [0.1, 0.15) is 20.9 Å². The van der Waals surface area contributed by atoms with Gasteiger partial charge in [0.15, 0.2) is 11.6 Å². The highest BCUT2D eigenvalue weighted by Gasteiger charge is 2.14. The number of carbonyl (C=O) groups excluding carboxylic acids is 1. The van der Waals surface area contributed by atoms with Gasteiger partial charge in [-0.3, -0.25) is 4.79 Å². The highest BCUT2D eigenvalue weighted by molar-refractivity contribution is 7.15. The maximum Gasteiger partial charge on any atom is 0.255 e. The van der Waals surface area contributed by atoms with Crippen molar-refractivity contribution in [1.82, 2.24) is 25.3 Å². The maximum atomic E-state index is 13.4. The van der Waals surface area contributed by atoms with Crippen molar-refractivity contribution in [1.29, 1.82) is 0 Å². The number of amides is 1. The van der Waals surface area contributed by atoms with Gasteiger partial charge in [0.25, 0.3) is 5.91 Å². The number of hydrogen-bond acceptors (Lipinski definition) is 8. The number of rotatable bonds is 7. The molecule has 0 spiro atoms. The summed E-state index contributed by atoms with van der Waals surface area (Å²) in [6.45, 7) is 0.394. The Morgan fingerprint density at radius 2 is 1.86 bits per heavy atom.